The first-order valence-corrected chi connectivity index (χ1v) is 12.5. The molecule has 208 valence electrons. The number of nitrogens with zero attached hydrogens (tertiary/aromatic N) is 1. The van der Waals surface area contributed by atoms with Crippen molar-refractivity contribution in [2.45, 2.75) is 56.0 Å². The zero-order valence-corrected chi connectivity index (χ0v) is 21.5. The van der Waals surface area contributed by atoms with E-state index in [1.807, 2.05) is 68.4 Å². The lowest BCUT2D eigenvalue weighted by atomic mass is 9.71. The molecule has 3 aromatic rings. The second-order valence-corrected chi connectivity index (χ2v) is 10.4. The average Bonchev–Trinajstić information content (AvgIpc) is 3.25. The van der Waals surface area contributed by atoms with Crippen molar-refractivity contribution in [1.82, 2.24) is 4.90 Å². The second-order valence-electron chi connectivity index (χ2n) is 10.4. The van der Waals surface area contributed by atoms with E-state index < -0.39 is 34.8 Å². The van der Waals surface area contributed by atoms with Crippen LogP contribution < -0.4 is 0 Å². The molecule has 0 aliphatic carbocycles. The Morgan fingerprint density at radius 2 is 1.46 bits per heavy atom. The van der Waals surface area contributed by atoms with Crippen LogP contribution in [0.25, 0.3) is 0 Å². The number of hydrogen-bond acceptors (Lipinski definition) is 2. The van der Waals surface area contributed by atoms with Gasteiger partial charge in [0.2, 0.25) is 5.91 Å². The monoisotopic (exact) mass is 549 g/mol. The number of aliphatic hydroxyl groups is 1. The van der Waals surface area contributed by atoms with Gasteiger partial charge in [0.05, 0.1) is 0 Å². The van der Waals surface area contributed by atoms with Crippen molar-refractivity contribution in [1.29, 1.82) is 0 Å². The summed E-state index contributed by atoms with van der Waals surface area (Å²) in [6.07, 6.45) is -11.1. The van der Waals surface area contributed by atoms with Gasteiger partial charge in [-0.15, -0.1) is 0 Å². The SMILES string of the molecule is Cc1ccc(CCC(=O)N2C[C@@H](c3ccc(C(O)(C(F)(F)F)C(F)(F)F)cc3)[C@@](C)(c3ccccc3)C2)cc1. The normalized spacial score (nSPS) is 20.3. The fourth-order valence-corrected chi connectivity index (χ4v) is 5.38. The van der Waals surface area contributed by atoms with Crippen LogP contribution in [0.15, 0.2) is 78.9 Å². The molecule has 1 heterocycles. The zero-order chi connectivity index (χ0) is 28.6. The number of halogens is 6. The number of amides is 1. The summed E-state index contributed by atoms with van der Waals surface area (Å²) in [5, 5.41) is 9.77. The molecule has 1 aliphatic rings. The van der Waals surface area contributed by atoms with Gasteiger partial charge in [-0.1, -0.05) is 91.3 Å². The van der Waals surface area contributed by atoms with E-state index in [0.717, 1.165) is 16.7 Å². The summed E-state index contributed by atoms with van der Waals surface area (Å²) in [6.45, 7) is 4.50. The third-order valence-corrected chi connectivity index (χ3v) is 7.78. The molecule has 1 saturated heterocycles. The summed E-state index contributed by atoms with van der Waals surface area (Å²) in [4.78, 5) is 14.9. The Morgan fingerprint density at radius 3 is 2.00 bits per heavy atom. The molecule has 0 aromatic heterocycles. The van der Waals surface area contributed by atoms with Crippen molar-refractivity contribution in [3.8, 4) is 0 Å². The van der Waals surface area contributed by atoms with E-state index in [2.05, 4.69) is 0 Å². The lowest BCUT2D eigenvalue weighted by Gasteiger charge is -2.34. The fourth-order valence-electron chi connectivity index (χ4n) is 5.38. The molecule has 3 nitrogen and oxygen atoms in total. The minimum atomic E-state index is -5.96. The number of aryl methyl sites for hydroxylation is 2. The van der Waals surface area contributed by atoms with Crippen molar-refractivity contribution in [2.75, 3.05) is 13.1 Å². The number of carbonyl (C=O) groups excluding carboxylic acids is 1. The van der Waals surface area contributed by atoms with Crippen molar-refractivity contribution in [3.63, 3.8) is 0 Å². The molecule has 0 saturated carbocycles. The minimum absolute atomic E-state index is 0.0830. The van der Waals surface area contributed by atoms with Crippen LogP contribution in [0.4, 0.5) is 26.3 Å². The number of rotatable bonds is 6. The van der Waals surface area contributed by atoms with Crippen LogP contribution in [0.5, 0.6) is 0 Å². The highest BCUT2D eigenvalue weighted by atomic mass is 19.4. The van der Waals surface area contributed by atoms with Crippen LogP contribution in [0.3, 0.4) is 0 Å². The van der Waals surface area contributed by atoms with Crippen LogP contribution >= 0.6 is 0 Å². The first-order chi connectivity index (χ1) is 18.2. The highest BCUT2D eigenvalue weighted by molar-refractivity contribution is 5.77. The largest absolute Gasteiger partial charge is 0.430 e. The fraction of sp³-hybridized carbons (Fsp3) is 0.367. The van der Waals surface area contributed by atoms with Gasteiger partial charge in [-0.05, 0) is 30.0 Å². The van der Waals surface area contributed by atoms with E-state index in [1.165, 1.54) is 12.1 Å². The summed E-state index contributed by atoms with van der Waals surface area (Å²) in [6, 6.07) is 20.9. The van der Waals surface area contributed by atoms with Gasteiger partial charge in [0.1, 0.15) is 0 Å². The van der Waals surface area contributed by atoms with Crippen molar-refractivity contribution in [3.05, 3.63) is 107 Å². The van der Waals surface area contributed by atoms with Gasteiger partial charge in [0.15, 0.2) is 0 Å². The smallest absolute Gasteiger partial charge is 0.369 e. The van der Waals surface area contributed by atoms with Gasteiger partial charge in [-0.3, -0.25) is 4.79 Å². The van der Waals surface area contributed by atoms with E-state index in [1.54, 1.807) is 4.90 Å². The van der Waals surface area contributed by atoms with Gasteiger partial charge < -0.3 is 10.0 Å². The van der Waals surface area contributed by atoms with Crippen LogP contribution in [0.2, 0.25) is 0 Å². The van der Waals surface area contributed by atoms with E-state index in [-0.39, 0.29) is 18.9 Å². The molecular formula is C30H29F6NO2. The highest BCUT2D eigenvalue weighted by Gasteiger charge is 2.71. The van der Waals surface area contributed by atoms with Crippen molar-refractivity contribution >= 4 is 5.91 Å². The Bertz CT molecular complexity index is 1270. The molecule has 0 bridgehead atoms. The summed E-state index contributed by atoms with van der Waals surface area (Å²) < 4.78 is 80.2. The van der Waals surface area contributed by atoms with E-state index in [0.29, 0.717) is 30.7 Å². The van der Waals surface area contributed by atoms with E-state index in [4.69, 9.17) is 0 Å². The maximum atomic E-state index is 13.4. The molecule has 4 rings (SSSR count). The van der Waals surface area contributed by atoms with Crippen LogP contribution in [-0.4, -0.2) is 41.4 Å². The molecular weight excluding hydrogens is 520 g/mol. The number of alkyl halides is 6. The predicted octanol–water partition coefficient (Wildman–Crippen LogP) is 6.82. The molecule has 1 fully saturated rings. The van der Waals surface area contributed by atoms with Crippen LogP contribution in [0.1, 0.15) is 47.1 Å². The van der Waals surface area contributed by atoms with Gasteiger partial charge in [0.25, 0.3) is 5.60 Å². The van der Waals surface area contributed by atoms with Gasteiger partial charge in [0, 0.05) is 36.4 Å². The molecule has 2 atom stereocenters. The first-order valence-electron chi connectivity index (χ1n) is 12.5. The van der Waals surface area contributed by atoms with Gasteiger partial charge >= 0.3 is 12.4 Å². The predicted molar refractivity (Wildman–Crippen MR) is 135 cm³/mol. The maximum absolute atomic E-state index is 13.4. The van der Waals surface area contributed by atoms with E-state index >= 15 is 0 Å². The lowest BCUT2D eigenvalue weighted by molar-refractivity contribution is -0.376. The molecule has 0 spiro atoms. The lowest BCUT2D eigenvalue weighted by Crippen LogP contribution is -2.53. The Balaban J connectivity index is 1.63. The Morgan fingerprint density at radius 1 is 0.897 bits per heavy atom. The summed E-state index contributed by atoms with van der Waals surface area (Å²) in [5.41, 5.74) is -3.44. The number of benzene rings is 3. The second kappa shape index (κ2) is 10.3. The number of carbonyl (C=O) groups is 1. The molecule has 3 aromatic carbocycles. The third-order valence-electron chi connectivity index (χ3n) is 7.78. The molecule has 39 heavy (non-hydrogen) atoms. The van der Waals surface area contributed by atoms with Gasteiger partial charge in [-0.25, -0.2) is 0 Å². The topological polar surface area (TPSA) is 40.5 Å². The minimum Gasteiger partial charge on any atom is -0.369 e. The molecule has 1 aliphatic heterocycles. The molecule has 9 heteroatoms. The molecule has 1 amide bonds. The van der Waals surface area contributed by atoms with Gasteiger partial charge in [-0.2, -0.15) is 26.3 Å². The quantitative estimate of drug-likeness (QED) is 0.343. The summed E-state index contributed by atoms with van der Waals surface area (Å²) in [5.74, 6) is -0.484. The van der Waals surface area contributed by atoms with Crippen LogP contribution in [0, 0.1) is 6.92 Å². The van der Waals surface area contributed by atoms with Crippen LogP contribution in [-0.2, 0) is 22.2 Å². The Labute approximate surface area is 223 Å². The Hall–Kier alpha value is -3.33. The molecule has 1 N–H and O–H groups in total. The van der Waals surface area contributed by atoms with Crippen molar-refractivity contribution < 1.29 is 36.2 Å². The number of likely N-dealkylation sites (tertiary alicyclic amines) is 1. The molecule has 0 unspecified atom stereocenters. The third kappa shape index (κ3) is 5.41. The van der Waals surface area contributed by atoms with E-state index in [9.17, 15) is 36.2 Å². The first kappa shape index (κ1) is 28.7. The summed E-state index contributed by atoms with van der Waals surface area (Å²) >= 11 is 0. The standard InChI is InChI=1S/C30H29F6NO2/c1-20-8-10-21(11-9-20)12-17-26(38)37-18-25(27(2,19-37)23-6-4-3-5-7-23)22-13-15-24(16-14-22)28(39,29(31,32)33)30(34,35)36/h3-11,13-16,25,39H,12,17-19H2,1-2H3/t25-,27+/m0/s1. The van der Waals surface area contributed by atoms with Crippen molar-refractivity contribution in [2.24, 2.45) is 0 Å². The number of hydrogen-bond donors (Lipinski definition) is 1. The highest BCUT2D eigenvalue weighted by Crippen LogP contribution is 2.51. The summed E-state index contributed by atoms with van der Waals surface area (Å²) in [7, 11) is 0. The average molecular weight is 550 g/mol. The zero-order valence-electron chi connectivity index (χ0n) is 21.5. The molecule has 0 radical (unpaired) electrons. The Kier molecular flexibility index (Phi) is 7.60. The maximum Gasteiger partial charge on any atom is 0.430 e.